The van der Waals surface area contributed by atoms with Crippen LogP contribution >= 0.6 is 0 Å². The van der Waals surface area contributed by atoms with Crippen LogP contribution in [0.4, 0.5) is 0 Å². The molecule has 1 aliphatic rings. The highest BCUT2D eigenvalue weighted by Crippen LogP contribution is 2.25. The average Bonchev–Trinajstić information content (AvgIpc) is 2.96. The van der Waals surface area contributed by atoms with Crippen LogP contribution in [-0.2, 0) is 14.3 Å². The first kappa shape index (κ1) is 17.0. The van der Waals surface area contributed by atoms with E-state index in [0.717, 1.165) is 5.39 Å². The highest BCUT2D eigenvalue weighted by atomic mass is 16.5. The topological polar surface area (TPSA) is 103 Å². The van der Waals surface area contributed by atoms with Crippen molar-refractivity contribution in [1.82, 2.24) is 4.90 Å². The molecule has 1 fully saturated rings. The second kappa shape index (κ2) is 6.96. The van der Waals surface area contributed by atoms with Gasteiger partial charge in [0.15, 0.2) is 6.61 Å². The maximum atomic E-state index is 12.2. The summed E-state index contributed by atoms with van der Waals surface area (Å²) in [5.74, 6) is -1.67. The van der Waals surface area contributed by atoms with Gasteiger partial charge in [-0.3, -0.25) is 9.59 Å². The standard InChI is InChI=1S/C18H20N2O5/c1-11-13-6-2-3-7-14(13)25-16(11)18(23)24-10-15(21)20-8-4-5-12(9-20)17(19)22/h2-3,6-7,12H,4-5,8-10H2,1H3,(H2,19,22)/t12-/m0/s1. The van der Waals surface area contributed by atoms with Gasteiger partial charge < -0.3 is 19.8 Å². The predicted molar refractivity (Wildman–Crippen MR) is 89.7 cm³/mol. The number of hydrogen-bond acceptors (Lipinski definition) is 5. The quantitative estimate of drug-likeness (QED) is 0.849. The van der Waals surface area contributed by atoms with E-state index in [1.807, 2.05) is 18.2 Å². The molecule has 0 spiro atoms. The molecule has 3 rings (SSSR count). The van der Waals surface area contributed by atoms with Gasteiger partial charge in [0, 0.05) is 24.0 Å². The van der Waals surface area contributed by atoms with Gasteiger partial charge in [0.1, 0.15) is 5.58 Å². The Morgan fingerprint density at radius 1 is 1.32 bits per heavy atom. The smallest absolute Gasteiger partial charge is 0.375 e. The molecular formula is C18H20N2O5. The Morgan fingerprint density at radius 2 is 2.08 bits per heavy atom. The van der Waals surface area contributed by atoms with E-state index >= 15 is 0 Å². The van der Waals surface area contributed by atoms with Crippen LogP contribution in [-0.4, -0.2) is 42.4 Å². The summed E-state index contributed by atoms with van der Waals surface area (Å²) in [5.41, 5.74) is 6.58. The first-order valence-corrected chi connectivity index (χ1v) is 8.19. The number of esters is 1. The number of carbonyl (C=O) groups excluding carboxylic acids is 3. The Kier molecular flexibility index (Phi) is 4.74. The van der Waals surface area contributed by atoms with Gasteiger partial charge in [-0.15, -0.1) is 0 Å². The molecule has 0 bridgehead atoms. The fourth-order valence-electron chi connectivity index (χ4n) is 3.09. The van der Waals surface area contributed by atoms with Gasteiger partial charge in [-0.05, 0) is 25.8 Å². The van der Waals surface area contributed by atoms with Crippen molar-refractivity contribution in [2.75, 3.05) is 19.7 Å². The minimum absolute atomic E-state index is 0.0997. The number of benzene rings is 1. The Labute approximate surface area is 144 Å². The van der Waals surface area contributed by atoms with Crippen LogP contribution in [0.3, 0.4) is 0 Å². The third kappa shape index (κ3) is 3.50. The first-order valence-electron chi connectivity index (χ1n) is 8.19. The lowest BCUT2D eigenvalue weighted by molar-refractivity contribution is -0.137. The van der Waals surface area contributed by atoms with Crippen molar-refractivity contribution in [3.63, 3.8) is 0 Å². The number of nitrogens with two attached hydrogens (primary N) is 1. The molecule has 1 aromatic carbocycles. The molecule has 1 atom stereocenters. The zero-order valence-electron chi connectivity index (χ0n) is 14.0. The number of rotatable bonds is 4. The van der Waals surface area contributed by atoms with E-state index in [2.05, 4.69) is 0 Å². The van der Waals surface area contributed by atoms with E-state index in [4.69, 9.17) is 14.9 Å². The van der Waals surface area contributed by atoms with Crippen LogP contribution in [0.2, 0.25) is 0 Å². The fourth-order valence-corrected chi connectivity index (χ4v) is 3.09. The normalized spacial score (nSPS) is 17.5. The molecular weight excluding hydrogens is 324 g/mol. The Bertz CT molecular complexity index is 826. The number of piperidine rings is 1. The number of amides is 2. The molecule has 7 nitrogen and oxygen atoms in total. The van der Waals surface area contributed by atoms with Crippen molar-refractivity contribution in [3.05, 3.63) is 35.6 Å². The molecule has 2 N–H and O–H groups in total. The number of likely N-dealkylation sites (tertiary alicyclic amines) is 1. The molecule has 2 aromatic rings. The Hall–Kier alpha value is -2.83. The summed E-state index contributed by atoms with van der Waals surface area (Å²) in [4.78, 5) is 37.3. The maximum absolute atomic E-state index is 12.2. The van der Waals surface area contributed by atoms with Gasteiger partial charge in [-0.2, -0.15) is 0 Å². The van der Waals surface area contributed by atoms with E-state index < -0.39 is 11.9 Å². The number of fused-ring (bicyclic) bond motifs is 1. The summed E-state index contributed by atoms with van der Waals surface area (Å²) < 4.78 is 10.6. The van der Waals surface area contributed by atoms with Crippen LogP contribution in [0.15, 0.2) is 28.7 Å². The molecule has 1 saturated heterocycles. The highest BCUT2D eigenvalue weighted by Gasteiger charge is 2.28. The van der Waals surface area contributed by atoms with Crippen LogP contribution in [0.25, 0.3) is 11.0 Å². The summed E-state index contributed by atoms with van der Waals surface area (Å²) in [6, 6.07) is 7.29. The SMILES string of the molecule is Cc1c(C(=O)OCC(=O)N2CCC[C@H](C(N)=O)C2)oc2ccccc12. The second-order valence-electron chi connectivity index (χ2n) is 6.21. The lowest BCUT2D eigenvalue weighted by Gasteiger charge is -2.30. The van der Waals surface area contributed by atoms with Crippen LogP contribution in [0.5, 0.6) is 0 Å². The molecule has 0 unspecified atom stereocenters. The summed E-state index contributed by atoms with van der Waals surface area (Å²) >= 11 is 0. The molecule has 0 radical (unpaired) electrons. The lowest BCUT2D eigenvalue weighted by atomic mass is 9.97. The van der Waals surface area contributed by atoms with Gasteiger partial charge in [-0.25, -0.2) is 4.79 Å². The van der Waals surface area contributed by atoms with E-state index in [-0.39, 0.29) is 30.7 Å². The van der Waals surface area contributed by atoms with Gasteiger partial charge in [0.2, 0.25) is 11.7 Å². The molecule has 0 saturated carbocycles. The maximum Gasteiger partial charge on any atom is 0.375 e. The molecule has 1 aromatic heterocycles. The molecule has 132 valence electrons. The molecule has 1 aliphatic heterocycles. The highest BCUT2D eigenvalue weighted by molar-refractivity contribution is 5.96. The summed E-state index contributed by atoms with van der Waals surface area (Å²) in [5, 5.41) is 0.834. The van der Waals surface area contributed by atoms with E-state index in [1.54, 1.807) is 13.0 Å². The number of hydrogen-bond donors (Lipinski definition) is 1. The Morgan fingerprint density at radius 3 is 2.80 bits per heavy atom. The second-order valence-corrected chi connectivity index (χ2v) is 6.21. The molecule has 7 heteroatoms. The predicted octanol–water partition coefficient (Wildman–Crippen LogP) is 1.62. The summed E-state index contributed by atoms with van der Waals surface area (Å²) in [7, 11) is 0. The largest absolute Gasteiger partial charge is 0.450 e. The first-order chi connectivity index (χ1) is 12.0. The molecule has 0 aliphatic carbocycles. The van der Waals surface area contributed by atoms with Crippen molar-refractivity contribution in [2.24, 2.45) is 11.7 Å². The fraction of sp³-hybridized carbons (Fsp3) is 0.389. The number of aryl methyl sites for hydroxylation is 1. The van der Waals surface area contributed by atoms with Gasteiger partial charge in [0.25, 0.3) is 5.91 Å². The Balaban J connectivity index is 1.62. The van der Waals surface area contributed by atoms with E-state index in [9.17, 15) is 14.4 Å². The minimum Gasteiger partial charge on any atom is -0.450 e. The van der Waals surface area contributed by atoms with Crippen LogP contribution in [0, 0.1) is 12.8 Å². The number of primary amides is 1. The zero-order valence-corrected chi connectivity index (χ0v) is 14.0. The minimum atomic E-state index is -0.675. The third-order valence-corrected chi connectivity index (χ3v) is 4.53. The number of carbonyl (C=O) groups is 3. The van der Waals surface area contributed by atoms with Crippen molar-refractivity contribution in [1.29, 1.82) is 0 Å². The van der Waals surface area contributed by atoms with Crippen molar-refractivity contribution >= 4 is 28.8 Å². The van der Waals surface area contributed by atoms with Crippen LogP contribution in [0.1, 0.15) is 29.0 Å². The van der Waals surface area contributed by atoms with Gasteiger partial charge >= 0.3 is 5.97 Å². The van der Waals surface area contributed by atoms with Gasteiger partial charge in [-0.1, -0.05) is 18.2 Å². The lowest BCUT2D eigenvalue weighted by Crippen LogP contribution is -2.45. The van der Waals surface area contributed by atoms with Crippen molar-refractivity contribution in [3.8, 4) is 0 Å². The number of para-hydroxylation sites is 1. The molecule has 2 heterocycles. The monoisotopic (exact) mass is 344 g/mol. The summed E-state index contributed by atoms with van der Waals surface area (Å²) in [6.45, 7) is 2.19. The third-order valence-electron chi connectivity index (χ3n) is 4.53. The van der Waals surface area contributed by atoms with E-state index in [1.165, 1.54) is 4.90 Å². The summed E-state index contributed by atoms with van der Waals surface area (Å²) in [6.07, 6.45) is 1.38. The number of ether oxygens (including phenoxy) is 1. The van der Waals surface area contributed by atoms with Crippen molar-refractivity contribution in [2.45, 2.75) is 19.8 Å². The number of nitrogens with zero attached hydrogens (tertiary/aromatic N) is 1. The van der Waals surface area contributed by atoms with Gasteiger partial charge in [0.05, 0.1) is 5.92 Å². The van der Waals surface area contributed by atoms with Crippen molar-refractivity contribution < 1.29 is 23.5 Å². The molecule has 2 amide bonds. The average molecular weight is 344 g/mol. The van der Waals surface area contributed by atoms with Crippen LogP contribution < -0.4 is 5.73 Å². The zero-order chi connectivity index (χ0) is 18.0. The molecule has 25 heavy (non-hydrogen) atoms. The van der Waals surface area contributed by atoms with E-state index in [0.29, 0.717) is 30.5 Å². The number of furan rings is 1.